The molecule has 2 rings (SSSR count). The molecule has 0 saturated heterocycles. The van der Waals surface area contributed by atoms with Gasteiger partial charge in [-0.2, -0.15) is 5.10 Å². The zero-order valence-electron chi connectivity index (χ0n) is 10.1. The largest absolute Gasteiger partial charge is 0.319 e. The van der Waals surface area contributed by atoms with E-state index < -0.39 is 17.7 Å². The number of nitrogens with two attached hydrogens (primary N) is 1. The maximum Gasteiger partial charge on any atom is 0.126 e. The molecule has 1 atom stereocenters. The first-order valence-corrected chi connectivity index (χ1v) is 5.85. The molecule has 2 aromatic rings. The predicted molar refractivity (Wildman–Crippen MR) is 64.9 cm³/mol. The number of hydrogen-bond acceptors (Lipinski definition) is 2. The minimum atomic E-state index is -0.623. The first kappa shape index (κ1) is 12.7. The van der Waals surface area contributed by atoms with Gasteiger partial charge in [0.2, 0.25) is 0 Å². The molecule has 0 saturated carbocycles. The molecule has 1 unspecified atom stereocenters. The van der Waals surface area contributed by atoms with Crippen molar-refractivity contribution in [3.63, 3.8) is 0 Å². The fraction of sp³-hybridized carbons (Fsp3) is 0.308. The van der Waals surface area contributed by atoms with Crippen molar-refractivity contribution in [3.05, 3.63) is 53.4 Å². The van der Waals surface area contributed by atoms with E-state index in [9.17, 15) is 8.78 Å². The highest BCUT2D eigenvalue weighted by atomic mass is 19.1. The van der Waals surface area contributed by atoms with Crippen LogP contribution in [-0.4, -0.2) is 9.78 Å². The third kappa shape index (κ3) is 2.56. The molecule has 2 N–H and O–H groups in total. The lowest BCUT2D eigenvalue weighted by Crippen LogP contribution is -2.18. The van der Waals surface area contributed by atoms with Crippen molar-refractivity contribution >= 4 is 0 Å². The van der Waals surface area contributed by atoms with Crippen LogP contribution < -0.4 is 5.73 Å². The van der Waals surface area contributed by atoms with Crippen molar-refractivity contribution in [2.24, 2.45) is 5.73 Å². The SMILES string of the molecule is CCCn1nccc1C(N)c1cc(F)cc(F)c1. The molecule has 0 bridgehead atoms. The number of nitrogens with zero attached hydrogens (tertiary/aromatic N) is 2. The molecule has 18 heavy (non-hydrogen) atoms. The second kappa shape index (κ2) is 5.27. The van der Waals surface area contributed by atoms with E-state index in [1.807, 2.05) is 6.92 Å². The summed E-state index contributed by atoms with van der Waals surface area (Å²) in [6, 6.07) is 4.51. The quantitative estimate of drug-likeness (QED) is 0.907. The Labute approximate surface area is 104 Å². The summed E-state index contributed by atoms with van der Waals surface area (Å²) in [6.45, 7) is 2.76. The summed E-state index contributed by atoms with van der Waals surface area (Å²) < 4.78 is 28.1. The van der Waals surface area contributed by atoms with Crippen molar-refractivity contribution in [3.8, 4) is 0 Å². The van der Waals surface area contributed by atoms with Gasteiger partial charge in [0, 0.05) is 18.8 Å². The molecule has 0 spiro atoms. The number of aryl methyl sites for hydroxylation is 1. The van der Waals surface area contributed by atoms with E-state index in [1.54, 1.807) is 16.9 Å². The van der Waals surface area contributed by atoms with Crippen LogP contribution in [0.4, 0.5) is 8.78 Å². The van der Waals surface area contributed by atoms with Crippen LogP contribution in [0.2, 0.25) is 0 Å². The molecule has 0 aliphatic rings. The highest BCUT2D eigenvalue weighted by Gasteiger charge is 2.15. The second-order valence-corrected chi connectivity index (χ2v) is 4.16. The monoisotopic (exact) mass is 251 g/mol. The third-order valence-corrected chi connectivity index (χ3v) is 2.75. The van der Waals surface area contributed by atoms with Gasteiger partial charge in [0.15, 0.2) is 0 Å². The van der Waals surface area contributed by atoms with Gasteiger partial charge in [-0.25, -0.2) is 8.78 Å². The van der Waals surface area contributed by atoms with Crippen LogP contribution in [0.5, 0.6) is 0 Å². The van der Waals surface area contributed by atoms with Crippen molar-refractivity contribution in [2.45, 2.75) is 25.9 Å². The molecule has 0 aliphatic carbocycles. The Hall–Kier alpha value is -1.75. The molecule has 0 amide bonds. The zero-order chi connectivity index (χ0) is 13.1. The smallest absolute Gasteiger partial charge is 0.126 e. The molecule has 0 aliphatic heterocycles. The van der Waals surface area contributed by atoms with Crippen molar-refractivity contribution in [1.82, 2.24) is 9.78 Å². The van der Waals surface area contributed by atoms with Crippen LogP contribution in [0, 0.1) is 11.6 Å². The Morgan fingerprint density at radius 3 is 2.56 bits per heavy atom. The van der Waals surface area contributed by atoms with Crippen molar-refractivity contribution in [1.29, 1.82) is 0 Å². The summed E-state index contributed by atoms with van der Waals surface area (Å²) in [6.07, 6.45) is 2.55. The number of hydrogen-bond donors (Lipinski definition) is 1. The molecule has 96 valence electrons. The highest BCUT2D eigenvalue weighted by Crippen LogP contribution is 2.21. The average molecular weight is 251 g/mol. The predicted octanol–water partition coefficient (Wildman–Crippen LogP) is 2.62. The number of halogens is 2. The Bertz CT molecular complexity index is 517. The number of benzene rings is 1. The van der Waals surface area contributed by atoms with Crippen LogP contribution in [0.1, 0.15) is 30.6 Å². The molecular formula is C13H15F2N3. The molecular weight excluding hydrogens is 236 g/mol. The van der Waals surface area contributed by atoms with Gasteiger partial charge in [-0.15, -0.1) is 0 Å². The molecule has 0 radical (unpaired) electrons. The van der Waals surface area contributed by atoms with Gasteiger partial charge >= 0.3 is 0 Å². The summed E-state index contributed by atoms with van der Waals surface area (Å²) in [4.78, 5) is 0. The summed E-state index contributed by atoms with van der Waals surface area (Å²) in [7, 11) is 0. The molecule has 5 heteroatoms. The molecule has 3 nitrogen and oxygen atoms in total. The highest BCUT2D eigenvalue weighted by molar-refractivity contribution is 5.28. The number of rotatable bonds is 4. The minimum Gasteiger partial charge on any atom is -0.319 e. The normalized spacial score (nSPS) is 12.7. The van der Waals surface area contributed by atoms with Crippen LogP contribution in [0.25, 0.3) is 0 Å². The van der Waals surface area contributed by atoms with Crippen LogP contribution in [0.3, 0.4) is 0 Å². The van der Waals surface area contributed by atoms with Gasteiger partial charge in [-0.1, -0.05) is 6.92 Å². The average Bonchev–Trinajstić information content (AvgIpc) is 2.75. The van der Waals surface area contributed by atoms with Crippen LogP contribution in [-0.2, 0) is 6.54 Å². The topological polar surface area (TPSA) is 43.8 Å². The van der Waals surface area contributed by atoms with E-state index in [4.69, 9.17) is 5.73 Å². The van der Waals surface area contributed by atoms with Crippen LogP contribution in [0.15, 0.2) is 30.5 Å². The molecule has 1 aromatic carbocycles. The van der Waals surface area contributed by atoms with Gasteiger partial charge in [0.1, 0.15) is 11.6 Å². The van der Waals surface area contributed by atoms with Gasteiger partial charge in [-0.3, -0.25) is 4.68 Å². The zero-order valence-corrected chi connectivity index (χ0v) is 10.1. The van der Waals surface area contributed by atoms with Gasteiger partial charge < -0.3 is 5.73 Å². The Morgan fingerprint density at radius 1 is 1.28 bits per heavy atom. The first-order chi connectivity index (χ1) is 8.61. The van der Waals surface area contributed by atoms with Crippen molar-refractivity contribution < 1.29 is 8.78 Å². The summed E-state index contributed by atoms with van der Waals surface area (Å²) in [5, 5.41) is 4.15. The fourth-order valence-corrected chi connectivity index (χ4v) is 1.93. The fourth-order valence-electron chi connectivity index (χ4n) is 1.93. The summed E-state index contributed by atoms with van der Waals surface area (Å²) in [5.74, 6) is -1.25. The lowest BCUT2D eigenvalue weighted by molar-refractivity contribution is 0.551. The van der Waals surface area contributed by atoms with Gasteiger partial charge in [-0.05, 0) is 30.2 Å². The van der Waals surface area contributed by atoms with E-state index in [1.165, 1.54) is 12.1 Å². The maximum atomic E-state index is 13.2. The van der Waals surface area contributed by atoms with E-state index in [2.05, 4.69) is 5.10 Å². The summed E-state index contributed by atoms with van der Waals surface area (Å²) in [5.41, 5.74) is 7.19. The summed E-state index contributed by atoms with van der Waals surface area (Å²) >= 11 is 0. The standard InChI is InChI=1S/C13H15F2N3/c1-2-5-18-12(3-4-17-18)13(16)9-6-10(14)8-11(15)7-9/h3-4,6-8,13H,2,5,16H2,1H3. The van der Waals surface area contributed by atoms with Gasteiger partial charge in [0.25, 0.3) is 0 Å². The van der Waals surface area contributed by atoms with E-state index in [-0.39, 0.29) is 0 Å². The van der Waals surface area contributed by atoms with Crippen molar-refractivity contribution in [2.75, 3.05) is 0 Å². The van der Waals surface area contributed by atoms with E-state index >= 15 is 0 Å². The van der Waals surface area contributed by atoms with Gasteiger partial charge in [0.05, 0.1) is 11.7 Å². The first-order valence-electron chi connectivity index (χ1n) is 5.85. The Balaban J connectivity index is 2.34. The molecule has 1 aromatic heterocycles. The van der Waals surface area contributed by atoms with E-state index in [0.717, 1.165) is 24.7 Å². The molecule has 0 fully saturated rings. The third-order valence-electron chi connectivity index (χ3n) is 2.75. The Kier molecular flexibility index (Phi) is 3.72. The maximum absolute atomic E-state index is 13.2. The van der Waals surface area contributed by atoms with Crippen LogP contribution >= 0.6 is 0 Å². The second-order valence-electron chi connectivity index (χ2n) is 4.16. The lowest BCUT2D eigenvalue weighted by Gasteiger charge is -2.14. The molecule has 1 heterocycles. The number of aromatic nitrogens is 2. The Morgan fingerprint density at radius 2 is 1.94 bits per heavy atom. The minimum absolute atomic E-state index is 0.408. The van der Waals surface area contributed by atoms with E-state index in [0.29, 0.717) is 5.56 Å². The lowest BCUT2D eigenvalue weighted by atomic mass is 10.0.